The summed E-state index contributed by atoms with van der Waals surface area (Å²) in [5.41, 5.74) is 1.50. The monoisotopic (exact) mass is 386 g/mol. The van der Waals surface area contributed by atoms with Gasteiger partial charge in [0.1, 0.15) is 16.8 Å². The number of hydrogen-bond acceptors (Lipinski definition) is 6. The zero-order valence-electron chi connectivity index (χ0n) is 15.3. The summed E-state index contributed by atoms with van der Waals surface area (Å²) in [6.45, 7) is 1.82. The second kappa shape index (κ2) is 7.72. The van der Waals surface area contributed by atoms with E-state index >= 15 is 0 Å². The van der Waals surface area contributed by atoms with E-state index in [9.17, 15) is 4.79 Å². The molecule has 27 heavy (non-hydrogen) atoms. The number of ether oxygens (including phenoxy) is 1. The van der Waals surface area contributed by atoms with Crippen LogP contribution in [0.5, 0.6) is 0 Å². The van der Waals surface area contributed by atoms with E-state index in [1.54, 1.807) is 6.07 Å². The molecule has 0 spiro atoms. The first-order valence-corrected chi connectivity index (χ1v) is 9.74. The number of nitrogens with zero attached hydrogens (tertiary/aromatic N) is 3. The van der Waals surface area contributed by atoms with Crippen molar-refractivity contribution in [2.75, 3.05) is 30.4 Å². The largest absolute Gasteiger partial charge is 0.465 e. The van der Waals surface area contributed by atoms with E-state index in [1.165, 1.54) is 7.11 Å². The standard InChI is InChI=1S/C20H23ClN4O2/c1-27-20(26)14-3-2-4-16(11-14)22-15-7-9-25(10-8-15)18-12-17(21)23-19(24-18)13-5-6-13/h2-4,11-13,15,22H,5-10H2,1H3. The highest BCUT2D eigenvalue weighted by molar-refractivity contribution is 6.29. The lowest BCUT2D eigenvalue weighted by molar-refractivity contribution is 0.0601. The van der Waals surface area contributed by atoms with Crippen molar-refractivity contribution in [3.63, 3.8) is 0 Å². The highest BCUT2D eigenvalue weighted by atomic mass is 35.5. The van der Waals surface area contributed by atoms with Gasteiger partial charge in [-0.15, -0.1) is 0 Å². The fraction of sp³-hybridized carbons (Fsp3) is 0.450. The predicted molar refractivity (Wildman–Crippen MR) is 106 cm³/mol. The number of aromatic nitrogens is 2. The second-order valence-corrected chi connectivity index (χ2v) is 7.55. The quantitative estimate of drug-likeness (QED) is 0.621. The first-order chi connectivity index (χ1) is 13.1. The van der Waals surface area contributed by atoms with Crippen molar-refractivity contribution in [3.05, 3.63) is 46.9 Å². The summed E-state index contributed by atoms with van der Waals surface area (Å²) in [5, 5.41) is 4.06. The Hall–Kier alpha value is -2.34. The number of nitrogens with one attached hydrogen (secondary N) is 1. The number of benzene rings is 1. The maximum absolute atomic E-state index is 11.7. The minimum atomic E-state index is -0.319. The van der Waals surface area contributed by atoms with E-state index in [-0.39, 0.29) is 5.97 Å². The fourth-order valence-corrected chi connectivity index (χ4v) is 3.64. The maximum atomic E-state index is 11.7. The van der Waals surface area contributed by atoms with Gasteiger partial charge in [0.05, 0.1) is 12.7 Å². The summed E-state index contributed by atoms with van der Waals surface area (Å²) in [4.78, 5) is 23.1. The van der Waals surface area contributed by atoms with Gasteiger partial charge >= 0.3 is 5.97 Å². The van der Waals surface area contributed by atoms with Crippen LogP contribution in [0.3, 0.4) is 0 Å². The first kappa shape index (κ1) is 18.0. The molecule has 0 bridgehead atoms. The molecule has 1 N–H and O–H groups in total. The van der Waals surface area contributed by atoms with Gasteiger partial charge < -0.3 is 15.0 Å². The Morgan fingerprint density at radius 2 is 1.96 bits per heavy atom. The highest BCUT2D eigenvalue weighted by Crippen LogP contribution is 2.39. The molecule has 1 aromatic carbocycles. The van der Waals surface area contributed by atoms with Crippen LogP contribution in [0.15, 0.2) is 30.3 Å². The molecule has 0 radical (unpaired) electrons. The molecule has 0 atom stereocenters. The zero-order valence-corrected chi connectivity index (χ0v) is 16.1. The molecule has 1 aliphatic heterocycles. The summed E-state index contributed by atoms with van der Waals surface area (Å²) in [7, 11) is 1.40. The fourth-order valence-electron chi connectivity index (χ4n) is 3.45. The Kier molecular flexibility index (Phi) is 5.16. The number of halogens is 1. The summed E-state index contributed by atoms with van der Waals surface area (Å²) >= 11 is 6.20. The lowest BCUT2D eigenvalue weighted by Crippen LogP contribution is -2.39. The van der Waals surface area contributed by atoms with Gasteiger partial charge in [0.25, 0.3) is 0 Å². The summed E-state index contributed by atoms with van der Waals surface area (Å²) in [5.74, 6) is 1.99. The molecular weight excluding hydrogens is 364 g/mol. The molecule has 2 fully saturated rings. The average Bonchev–Trinajstić information content (AvgIpc) is 3.53. The first-order valence-electron chi connectivity index (χ1n) is 9.37. The third-order valence-electron chi connectivity index (χ3n) is 5.11. The normalized spacial score (nSPS) is 17.6. The van der Waals surface area contributed by atoms with Crippen LogP contribution in [0.2, 0.25) is 5.15 Å². The van der Waals surface area contributed by atoms with Crippen molar-refractivity contribution >= 4 is 29.1 Å². The summed E-state index contributed by atoms with van der Waals surface area (Å²) in [6, 6.07) is 9.66. The molecule has 4 rings (SSSR count). The maximum Gasteiger partial charge on any atom is 0.337 e. The van der Waals surface area contributed by atoms with E-state index in [1.807, 2.05) is 24.3 Å². The van der Waals surface area contributed by atoms with Gasteiger partial charge in [-0.2, -0.15) is 0 Å². The van der Waals surface area contributed by atoms with Gasteiger partial charge in [0.2, 0.25) is 0 Å². The van der Waals surface area contributed by atoms with E-state index < -0.39 is 0 Å². The van der Waals surface area contributed by atoms with Crippen molar-refractivity contribution in [2.45, 2.75) is 37.6 Å². The number of hydrogen-bond donors (Lipinski definition) is 1. The Morgan fingerprint density at radius 3 is 2.67 bits per heavy atom. The van der Waals surface area contributed by atoms with E-state index in [0.29, 0.717) is 22.7 Å². The molecule has 6 nitrogen and oxygen atoms in total. The van der Waals surface area contributed by atoms with Crippen LogP contribution in [0.4, 0.5) is 11.5 Å². The van der Waals surface area contributed by atoms with Gasteiger partial charge in [0, 0.05) is 36.8 Å². The minimum absolute atomic E-state index is 0.319. The third kappa shape index (κ3) is 4.33. The van der Waals surface area contributed by atoms with Crippen LogP contribution in [0, 0.1) is 0 Å². The third-order valence-corrected chi connectivity index (χ3v) is 5.31. The van der Waals surface area contributed by atoms with Crippen LogP contribution in [0.25, 0.3) is 0 Å². The van der Waals surface area contributed by atoms with Crippen molar-refractivity contribution in [2.24, 2.45) is 0 Å². The lowest BCUT2D eigenvalue weighted by atomic mass is 10.0. The van der Waals surface area contributed by atoms with Gasteiger partial charge in [0.15, 0.2) is 0 Å². The smallest absolute Gasteiger partial charge is 0.337 e. The van der Waals surface area contributed by atoms with E-state index in [0.717, 1.165) is 56.1 Å². The molecular formula is C20H23ClN4O2. The number of methoxy groups -OCH3 is 1. The zero-order chi connectivity index (χ0) is 18.8. The lowest BCUT2D eigenvalue weighted by Gasteiger charge is -2.33. The van der Waals surface area contributed by atoms with Crippen LogP contribution in [-0.4, -0.2) is 42.2 Å². The SMILES string of the molecule is COC(=O)c1cccc(NC2CCN(c3cc(Cl)nc(C4CC4)n3)CC2)c1. The number of esters is 1. The molecule has 142 valence electrons. The highest BCUT2D eigenvalue weighted by Gasteiger charge is 2.28. The Morgan fingerprint density at radius 1 is 1.19 bits per heavy atom. The summed E-state index contributed by atoms with van der Waals surface area (Å²) < 4.78 is 4.79. The number of carbonyl (C=O) groups is 1. The minimum Gasteiger partial charge on any atom is -0.465 e. The molecule has 0 unspecified atom stereocenters. The molecule has 1 aliphatic carbocycles. The van der Waals surface area contributed by atoms with Crippen molar-refractivity contribution in [3.8, 4) is 0 Å². The van der Waals surface area contributed by atoms with Crippen LogP contribution < -0.4 is 10.2 Å². The second-order valence-electron chi connectivity index (χ2n) is 7.16. The number of rotatable bonds is 5. The van der Waals surface area contributed by atoms with Crippen LogP contribution >= 0.6 is 11.6 Å². The molecule has 2 heterocycles. The molecule has 1 saturated heterocycles. The van der Waals surface area contributed by atoms with Gasteiger partial charge in [-0.1, -0.05) is 17.7 Å². The van der Waals surface area contributed by atoms with Crippen molar-refractivity contribution in [1.82, 2.24) is 9.97 Å². The van der Waals surface area contributed by atoms with Crippen molar-refractivity contribution in [1.29, 1.82) is 0 Å². The molecule has 2 aliphatic rings. The predicted octanol–water partition coefficient (Wildman–Crippen LogP) is 3.87. The van der Waals surface area contributed by atoms with Gasteiger partial charge in [-0.05, 0) is 43.9 Å². The molecule has 1 saturated carbocycles. The Balaban J connectivity index is 1.37. The average molecular weight is 387 g/mol. The Labute approximate surface area is 163 Å². The molecule has 7 heteroatoms. The van der Waals surface area contributed by atoms with Gasteiger partial charge in [-0.25, -0.2) is 14.8 Å². The summed E-state index contributed by atoms with van der Waals surface area (Å²) in [6.07, 6.45) is 4.30. The van der Waals surface area contributed by atoms with E-state index in [2.05, 4.69) is 15.2 Å². The van der Waals surface area contributed by atoms with E-state index in [4.69, 9.17) is 21.3 Å². The number of carbonyl (C=O) groups excluding carboxylic acids is 1. The molecule has 2 aromatic rings. The number of anilines is 2. The number of piperidine rings is 1. The van der Waals surface area contributed by atoms with Crippen LogP contribution in [-0.2, 0) is 4.74 Å². The van der Waals surface area contributed by atoms with Crippen molar-refractivity contribution < 1.29 is 9.53 Å². The molecule has 0 amide bonds. The van der Waals surface area contributed by atoms with Crippen LogP contribution in [0.1, 0.15) is 47.8 Å². The topological polar surface area (TPSA) is 67.3 Å². The molecule has 1 aromatic heterocycles. The van der Waals surface area contributed by atoms with Gasteiger partial charge in [-0.3, -0.25) is 0 Å². The Bertz CT molecular complexity index is 832.